The Morgan fingerprint density at radius 1 is 1.53 bits per heavy atom. The molecule has 17 heavy (non-hydrogen) atoms. The van der Waals surface area contributed by atoms with Gasteiger partial charge in [0.25, 0.3) is 0 Å². The lowest BCUT2D eigenvalue weighted by atomic mass is 10.2. The van der Waals surface area contributed by atoms with Gasteiger partial charge >= 0.3 is 6.03 Å². The zero-order chi connectivity index (χ0) is 12.1. The predicted octanol–water partition coefficient (Wildman–Crippen LogP) is 1.58. The molecule has 1 fully saturated rings. The summed E-state index contributed by atoms with van der Waals surface area (Å²) in [6.07, 6.45) is 6.15. The van der Waals surface area contributed by atoms with Crippen molar-refractivity contribution in [2.24, 2.45) is 0 Å². The van der Waals surface area contributed by atoms with Crippen LogP contribution in [-0.2, 0) is 4.74 Å². The molecule has 1 aliphatic heterocycles. The lowest BCUT2D eigenvalue weighted by Crippen LogP contribution is -2.38. The highest BCUT2D eigenvalue weighted by Gasteiger charge is 2.17. The van der Waals surface area contributed by atoms with Crippen LogP contribution in [0.2, 0.25) is 0 Å². The Kier molecular flexibility index (Phi) is 3.63. The fourth-order valence-electron chi connectivity index (χ4n) is 1.69. The molecule has 1 aliphatic rings. The van der Waals surface area contributed by atoms with E-state index in [1.54, 1.807) is 12.1 Å². The smallest absolute Gasteiger partial charge is 0.319 e. The third kappa shape index (κ3) is 3.23. The van der Waals surface area contributed by atoms with Gasteiger partial charge in [-0.05, 0) is 24.6 Å². The first-order valence-corrected chi connectivity index (χ1v) is 5.50. The fraction of sp³-hybridized carbons (Fsp3) is 0.308. The summed E-state index contributed by atoms with van der Waals surface area (Å²) >= 11 is 0. The van der Waals surface area contributed by atoms with E-state index in [2.05, 4.69) is 16.6 Å². The molecule has 0 radical (unpaired) electrons. The van der Waals surface area contributed by atoms with Crippen molar-refractivity contribution in [3.05, 3.63) is 29.8 Å². The van der Waals surface area contributed by atoms with Crippen LogP contribution in [0.15, 0.2) is 24.3 Å². The van der Waals surface area contributed by atoms with Crippen LogP contribution in [0.25, 0.3) is 0 Å². The van der Waals surface area contributed by atoms with Crippen LogP contribution in [0.3, 0.4) is 0 Å². The number of urea groups is 1. The maximum absolute atomic E-state index is 11.6. The van der Waals surface area contributed by atoms with E-state index >= 15 is 0 Å². The van der Waals surface area contributed by atoms with E-state index < -0.39 is 0 Å². The Balaban J connectivity index is 1.91. The first kappa shape index (κ1) is 11.5. The normalized spacial score (nSPS) is 18.4. The summed E-state index contributed by atoms with van der Waals surface area (Å²) < 4.78 is 5.18. The molecule has 1 aromatic carbocycles. The molecule has 88 valence electrons. The highest BCUT2D eigenvalue weighted by molar-refractivity contribution is 5.89. The van der Waals surface area contributed by atoms with Gasteiger partial charge in [-0.25, -0.2) is 4.79 Å². The number of amides is 2. The number of hydrogen-bond acceptors (Lipinski definition) is 2. The van der Waals surface area contributed by atoms with Crippen molar-refractivity contribution in [3.8, 4) is 12.3 Å². The van der Waals surface area contributed by atoms with Crippen molar-refractivity contribution >= 4 is 11.7 Å². The molecule has 1 unspecified atom stereocenters. The van der Waals surface area contributed by atoms with Gasteiger partial charge in [-0.3, -0.25) is 0 Å². The quantitative estimate of drug-likeness (QED) is 0.758. The van der Waals surface area contributed by atoms with Crippen LogP contribution in [0.5, 0.6) is 0 Å². The minimum Gasteiger partial charge on any atom is -0.379 e. The maximum atomic E-state index is 11.6. The zero-order valence-corrected chi connectivity index (χ0v) is 9.40. The predicted molar refractivity (Wildman–Crippen MR) is 65.8 cm³/mol. The summed E-state index contributed by atoms with van der Waals surface area (Å²) in [7, 11) is 0. The van der Waals surface area contributed by atoms with Gasteiger partial charge < -0.3 is 15.4 Å². The number of carbonyl (C=O) groups is 1. The Morgan fingerprint density at radius 3 is 3.12 bits per heavy atom. The molecule has 1 atom stereocenters. The number of benzene rings is 1. The van der Waals surface area contributed by atoms with Gasteiger partial charge in [0.15, 0.2) is 0 Å². The molecule has 2 amide bonds. The number of terminal acetylenes is 1. The van der Waals surface area contributed by atoms with E-state index in [0.29, 0.717) is 18.9 Å². The molecule has 0 aliphatic carbocycles. The van der Waals surface area contributed by atoms with Crippen LogP contribution in [0.4, 0.5) is 10.5 Å². The molecule has 1 saturated heterocycles. The fourth-order valence-corrected chi connectivity index (χ4v) is 1.69. The Bertz CT molecular complexity index is 445. The van der Waals surface area contributed by atoms with Crippen molar-refractivity contribution in [2.75, 3.05) is 18.5 Å². The number of anilines is 1. The Hall–Kier alpha value is -1.99. The zero-order valence-electron chi connectivity index (χ0n) is 9.40. The lowest BCUT2D eigenvalue weighted by Gasteiger charge is -2.11. The molecule has 2 N–H and O–H groups in total. The largest absolute Gasteiger partial charge is 0.379 e. The molecule has 2 rings (SSSR count). The van der Waals surface area contributed by atoms with E-state index in [1.165, 1.54) is 0 Å². The first-order chi connectivity index (χ1) is 8.28. The summed E-state index contributed by atoms with van der Waals surface area (Å²) in [6.45, 7) is 1.29. The summed E-state index contributed by atoms with van der Waals surface area (Å²) in [6, 6.07) is 7.05. The van der Waals surface area contributed by atoms with Crippen molar-refractivity contribution in [1.82, 2.24) is 5.32 Å². The van der Waals surface area contributed by atoms with Gasteiger partial charge in [0.05, 0.1) is 12.6 Å². The summed E-state index contributed by atoms with van der Waals surface area (Å²) in [5.41, 5.74) is 1.43. The topological polar surface area (TPSA) is 50.4 Å². The van der Waals surface area contributed by atoms with Gasteiger partial charge in [0.2, 0.25) is 0 Å². The highest BCUT2D eigenvalue weighted by Crippen LogP contribution is 2.10. The van der Waals surface area contributed by atoms with Gasteiger partial charge in [-0.2, -0.15) is 0 Å². The summed E-state index contributed by atoms with van der Waals surface area (Å²) in [4.78, 5) is 11.6. The van der Waals surface area contributed by atoms with E-state index in [0.717, 1.165) is 12.0 Å². The lowest BCUT2D eigenvalue weighted by molar-refractivity contribution is 0.189. The highest BCUT2D eigenvalue weighted by atomic mass is 16.5. The molecule has 0 spiro atoms. The van der Waals surface area contributed by atoms with Crippen LogP contribution >= 0.6 is 0 Å². The molecule has 0 aromatic heterocycles. The van der Waals surface area contributed by atoms with Crippen molar-refractivity contribution in [3.63, 3.8) is 0 Å². The molecular weight excluding hydrogens is 216 g/mol. The third-order valence-electron chi connectivity index (χ3n) is 2.55. The number of hydrogen-bond donors (Lipinski definition) is 2. The number of rotatable bonds is 2. The maximum Gasteiger partial charge on any atom is 0.319 e. The van der Waals surface area contributed by atoms with Crippen LogP contribution < -0.4 is 10.6 Å². The van der Waals surface area contributed by atoms with E-state index in [9.17, 15) is 4.79 Å². The number of carbonyl (C=O) groups excluding carboxylic acids is 1. The van der Waals surface area contributed by atoms with E-state index in [1.807, 2.05) is 12.1 Å². The van der Waals surface area contributed by atoms with E-state index in [-0.39, 0.29) is 12.1 Å². The Labute approximate surface area is 100 Å². The monoisotopic (exact) mass is 230 g/mol. The van der Waals surface area contributed by atoms with Crippen LogP contribution in [0, 0.1) is 12.3 Å². The van der Waals surface area contributed by atoms with Gasteiger partial charge in [-0.1, -0.05) is 12.0 Å². The third-order valence-corrected chi connectivity index (χ3v) is 2.55. The van der Waals surface area contributed by atoms with Gasteiger partial charge in [-0.15, -0.1) is 6.42 Å². The molecular formula is C13H14N2O2. The minimum atomic E-state index is -0.227. The number of ether oxygens (including phenoxy) is 1. The molecule has 4 heteroatoms. The standard InChI is InChI=1S/C13H14N2O2/c1-2-10-4-3-5-11(8-10)14-13(16)15-12-6-7-17-9-12/h1,3-5,8,12H,6-7,9H2,(H2,14,15,16). The summed E-state index contributed by atoms with van der Waals surface area (Å²) in [5.74, 6) is 2.52. The van der Waals surface area contributed by atoms with Crippen molar-refractivity contribution < 1.29 is 9.53 Å². The second-order valence-corrected chi connectivity index (χ2v) is 3.88. The van der Waals surface area contributed by atoms with Gasteiger partial charge in [0, 0.05) is 17.9 Å². The Morgan fingerprint density at radius 2 is 2.41 bits per heavy atom. The summed E-state index contributed by atoms with van der Waals surface area (Å²) in [5, 5.41) is 5.58. The minimum absolute atomic E-state index is 0.103. The molecule has 1 heterocycles. The second kappa shape index (κ2) is 5.37. The first-order valence-electron chi connectivity index (χ1n) is 5.50. The number of nitrogens with one attached hydrogen (secondary N) is 2. The average Bonchev–Trinajstić information content (AvgIpc) is 2.82. The van der Waals surface area contributed by atoms with Crippen LogP contribution in [-0.4, -0.2) is 25.3 Å². The molecule has 1 aromatic rings. The van der Waals surface area contributed by atoms with Crippen molar-refractivity contribution in [1.29, 1.82) is 0 Å². The molecule has 0 saturated carbocycles. The molecule has 4 nitrogen and oxygen atoms in total. The molecule has 0 bridgehead atoms. The van der Waals surface area contributed by atoms with E-state index in [4.69, 9.17) is 11.2 Å². The average molecular weight is 230 g/mol. The van der Waals surface area contributed by atoms with Crippen molar-refractivity contribution in [2.45, 2.75) is 12.5 Å². The SMILES string of the molecule is C#Cc1cccc(NC(=O)NC2CCOC2)c1. The second-order valence-electron chi connectivity index (χ2n) is 3.88. The van der Waals surface area contributed by atoms with Gasteiger partial charge in [0.1, 0.15) is 0 Å². The van der Waals surface area contributed by atoms with Crippen LogP contribution in [0.1, 0.15) is 12.0 Å².